The van der Waals surface area contributed by atoms with E-state index in [1.165, 1.54) is 57.8 Å². The van der Waals surface area contributed by atoms with E-state index in [1.807, 2.05) is 0 Å². The second kappa shape index (κ2) is 8.82. The molecule has 5 rings (SSSR count). The molecular weight excluding hydrogens is 406 g/mol. The summed E-state index contributed by atoms with van der Waals surface area (Å²) in [5.41, 5.74) is 0.766. The third kappa shape index (κ3) is 4.11. The Bertz CT molecular complexity index is 731. The van der Waals surface area contributed by atoms with Crippen molar-refractivity contribution >= 4 is 5.91 Å². The molecule has 0 aromatic rings. The number of ether oxygens (including phenoxy) is 1. The van der Waals surface area contributed by atoms with Crippen molar-refractivity contribution in [1.29, 1.82) is 0 Å². The quantitative estimate of drug-likeness (QED) is 0.408. The number of carbonyl (C=O) groups excluding carboxylic acids is 1. The van der Waals surface area contributed by atoms with Crippen LogP contribution in [0.5, 0.6) is 0 Å². The predicted octanol–water partition coefficient (Wildman–Crippen LogP) is 7.09. The Morgan fingerprint density at radius 2 is 1.70 bits per heavy atom. The van der Waals surface area contributed by atoms with Gasteiger partial charge in [0.25, 0.3) is 0 Å². The highest BCUT2D eigenvalue weighted by molar-refractivity contribution is 5.77. The maximum Gasteiger partial charge on any atom is 0.222 e. The average molecular weight is 458 g/mol. The van der Waals surface area contributed by atoms with Gasteiger partial charge in [0.15, 0.2) is 0 Å². The molecule has 1 heterocycles. The highest BCUT2D eigenvalue weighted by atomic mass is 16.5. The Kier molecular flexibility index (Phi) is 6.45. The molecule has 3 heteroatoms. The lowest BCUT2D eigenvalue weighted by Crippen LogP contribution is -2.65. The van der Waals surface area contributed by atoms with Gasteiger partial charge in [0.2, 0.25) is 5.91 Å². The molecule has 0 spiro atoms. The summed E-state index contributed by atoms with van der Waals surface area (Å²) in [5.74, 6) is 5.18. The van der Waals surface area contributed by atoms with Crippen molar-refractivity contribution in [3.8, 4) is 0 Å². The summed E-state index contributed by atoms with van der Waals surface area (Å²) in [7, 11) is 2.08. The first-order valence-corrected chi connectivity index (χ1v) is 14.6. The molecule has 9 atom stereocenters. The van der Waals surface area contributed by atoms with Crippen molar-refractivity contribution in [3.05, 3.63) is 0 Å². The highest BCUT2D eigenvalue weighted by Gasteiger charge is 2.64. The summed E-state index contributed by atoms with van der Waals surface area (Å²) in [6, 6.07) is 0.375. The lowest BCUT2D eigenvalue weighted by atomic mass is 9.45. The summed E-state index contributed by atoms with van der Waals surface area (Å²) in [5, 5.41) is 0. The summed E-state index contributed by atoms with van der Waals surface area (Å²) in [4.78, 5) is 14.8. The van der Waals surface area contributed by atoms with E-state index in [-0.39, 0.29) is 5.41 Å². The fourth-order valence-electron chi connectivity index (χ4n) is 9.68. The van der Waals surface area contributed by atoms with Gasteiger partial charge in [-0.2, -0.15) is 0 Å². The Balaban J connectivity index is 1.39. The van der Waals surface area contributed by atoms with Gasteiger partial charge in [-0.05, 0) is 97.7 Å². The summed E-state index contributed by atoms with van der Waals surface area (Å²) >= 11 is 0. The maximum atomic E-state index is 12.7. The lowest BCUT2D eigenvalue weighted by molar-refractivity contribution is -0.193. The van der Waals surface area contributed by atoms with Gasteiger partial charge >= 0.3 is 0 Å². The van der Waals surface area contributed by atoms with Crippen LogP contribution < -0.4 is 0 Å². The van der Waals surface area contributed by atoms with Gasteiger partial charge < -0.3 is 9.64 Å². The van der Waals surface area contributed by atoms with Crippen LogP contribution in [0.25, 0.3) is 0 Å². The number of piperidine rings is 1. The van der Waals surface area contributed by atoms with E-state index >= 15 is 0 Å². The lowest BCUT2D eigenvalue weighted by Gasteiger charge is -2.64. The molecule has 1 saturated heterocycles. The van der Waals surface area contributed by atoms with Gasteiger partial charge in [0.1, 0.15) is 0 Å². The highest BCUT2D eigenvalue weighted by Crippen LogP contribution is 2.67. The van der Waals surface area contributed by atoms with E-state index in [0.717, 1.165) is 48.9 Å². The second-order valence-corrected chi connectivity index (χ2v) is 14.0. The van der Waals surface area contributed by atoms with Gasteiger partial charge in [-0.1, -0.05) is 53.9 Å². The van der Waals surface area contributed by atoms with Crippen molar-refractivity contribution in [3.63, 3.8) is 0 Å². The third-order valence-corrected chi connectivity index (χ3v) is 11.7. The smallest absolute Gasteiger partial charge is 0.222 e. The average Bonchev–Trinajstić information content (AvgIpc) is 3.50. The monoisotopic (exact) mass is 457 g/mol. The van der Waals surface area contributed by atoms with Crippen LogP contribution in [-0.2, 0) is 9.53 Å². The van der Waals surface area contributed by atoms with Crippen LogP contribution in [0, 0.1) is 46.3 Å². The van der Waals surface area contributed by atoms with Crippen molar-refractivity contribution in [2.75, 3.05) is 7.05 Å². The van der Waals surface area contributed by atoms with Crippen molar-refractivity contribution in [1.82, 2.24) is 4.90 Å². The van der Waals surface area contributed by atoms with E-state index in [0.29, 0.717) is 35.5 Å². The van der Waals surface area contributed by atoms with Gasteiger partial charge in [-0.15, -0.1) is 0 Å². The Hall–Kier alpha value is -0.570. The predicted molar refractivity (Wildman–Crippen MR) is 135 cm³/mol. The SMILES string of the molecule is CC(C)CCC[C@@H](C)[C@H]1CC[C@H]2[C@@H]3[C@@H](OC4CC4)C[C@H]4N(C)C(=O)CC[C@]4(C)[C@H]3CC[C@]12C. The zero-order chi connectivity index (χ0) is 23.5. The molecule has 0 N–H and O–H groups in total. The third-order valence-electron chi connectivity index (χ3n) is 11.7. The Morgan fingerprint density at radius 1 is 0.970 bits per heavy atom. The van der Waals surface area contributed by atoms with Crippen LogP contribution in [0.15, 0.2) is 0 Å². The van der Waals surface area contributed by atoms with Crippen LogP contribution in [0.3, 0.4) is 0 Å². The minimum absolute atomic E-state index is 0.277. The summed E-state index contributed by atoms with van der Waals surface area (Å²) in [6.07, 6.45) is 16.1. The number of amides is 1. The Labute approximate surface area is 203 Å². The van der Waals surface area contributed by atoms with E-state index in [4.69, 9.17) is 4.74 Å². The Morgan fingerprint density at radius 3 is 2.39 bits per heavy atom. The van der Waals surface area contributed by atoms with Crippen LogP contribution >= 0.6 is 0 Å². The topological polar surface area (TPSA) is 29.5 Å². The molecule has 4 aliphatic carbocycles. The van der Waals surface area contributed by atoms with Crippen molar-refractivity contribution in [2.45, 2.75) is 130 Å². The summed E-state index contributed by atoms with van der Waals surface area (Å²) in [6.45, 7) is 12.5. The van der Waals surface area contributed by atoms with Gasteiger partial charge in [-0.3, -0.25) is 4.79 Å². The first kappa shape index (κ1) is 24.1. The number of nitrogens with zero attached hydrogens (tertiary/aromatic N) is 1. The molecule has 5 aliphatic rings. The molecule has 0 aromatic heterocycles. The molecular formula is C30H51NO2. The minimum atomic E-state index is 0.277. The molecule has 33 heavy (non-hydrogen) atoms. The van der Waals surface area contributed by atoms with Crippen molar-refractivity contribution in [2.24, 2.45) is 46.3 Å². The molecule has 0 aromatic carbocycles. The van der Waals surface area contributed by atoms with Crippen LogP contribution in [0.4, 0.5) is 0 Å². The molecule has 5 fully saturated rings. The zero-order valence-electron chi connectivity index (χ0n) is 22.4. The molecule has 4 saturated carbocycles. The maximum absolute atomic E-state index is 12.7. The fourth-order valence-corrected chi connectivity index (χ4v) is 9.68. The number of rotatable bonds is 7. The first-order chi connectivity index (χ1) is 15.6. The summed E-state index contributed by atoms with van der Waals surface area (Å²) < 4.78 is 6.85. The molecule has 3 nitrogen and oxygen atoms in total. The molecule has 0 radical (unpaired) electrons. The minimum Gasteiger partial charge on any atom is -0.375 e. The van der Waals surface area contributed by atoms with Crippen LogP contribution in [0.1, 0.15) is 112 Å². The normalized spacial score (nSPS) is 46.2. The van der Waals surface area contributed by atoms with E-state index in [1.54, 1.807) is 0 Å². The van der Waals surface area contributed by atoms with E-state index in [2.05, 4.69) is 46.6 Å². The van der Waals surface area contributed by atoms with Gasteiger partial charge in [0.05, 0.1) is 12.2 Å². The molecule has 0 unspecified atom stereocenters. The molecule has 1 aliphatic heterocycles. The van der Waals surface area contributed by atoms with E-state index in [9.17, 15) is 4.79 Å². The zero-order valence-corrected chi connectivity index (χ0v) is 22.4. The van der Waals surface area contributed by atoms with E-state index < -0.39 is 0 Å². The molecule has 0 bridgehead atoms. The second-order valence-electron chi connectivity index (χ2n) is 14.0. The van der Waals surface area contributed by atoms with Crippen LogP contribution in [0.2, 0.25) is 0 Å². The van der Waals surface area contributed by atoms with Gasteiger partial charge in [-0.25, -0.2) is 0 Å². The first-order valence-electron chi connectivity index (χ1n) is 14.6. The number of carbonyl (C=O) groups is 1. The largest absolute Gasteiger partial charge is 0.375 e. The fraction of sp³-hybridized carbons (Fsp3) is 0.967. The van der Waals surface area contributed by atoms with Crippen LogP contribution in [-0.4, -0.2) is 36.1 Å². The van der Waals surface area contributed by atoms with Crippen molar-refractivity contribution < 1.29 is 9.53 Å². The number of hydrogen-bond donors (Lipinski definition) is 0. The molecule has 1 amide bonds. The number of hydrogen-bond acceptors (Lipinski definition) is 2. The number of fused-ring (bicyclic) bond motifs is 5. The molecule has 188 valence electrons. The van der Waals surface area contributed by atoms with Gasteiger partial charge in [0, 0.05) is 19.5 Å². The standard InChI is InChI=1S/C30H51NO2/c1-19(2)8-7-9-20(3)22-12-13-23-28-24(14-16-29(22,23)4)30(5)17-15-27(32)31(6)26(30)18-25(28)33-21-10-11-21/h19-26,28H,7-18H2,1-6H3/t20-,22-,23+,24+,25+,26-,28+,29-,30-/m1/s1. The number of likely N-dealkylation sites (tertiary alicyclic amines) is 1.